The molecule has 36 heavy (non-hydrogen) atoms. The maximum Gasteiger partial charge on any atom is 0.325 e. The van der Waals surface area contributed by atoms with Gasteiger partial charge in [0.25, 0.3) is 5.91 Å². The van der Waals surface area contributed by atoms with E-state index in [9.17, 15) is 9.59 Å². The van der Waals surface area contributed by atoms with Crippen molar-refractivity contribution in [1.82, 2.24) is 25.3 Å². The fourth-order valence-corrected chi connectivity index (χ4v) is 6.11. The van der Waals surface area contributed by atoms with Crippen molar-refractivity contribution >= 4 is 11.9 Å². The lowest BCUT2D eigenvalue weighted by Gasteiger charge is -2.41. The zero-order chi connectivity index (χ0) is 25.1. The maximum atomic E-state index is 13.7. The first-order valence-electron chi connectivity index (χ1n) is 13.2. The number of imide groups is 1. The van der Waals surface area contributed by atoms with Gasteiger partial charge < -0.3 is 14.8 Å². The minimum absolute atomic E-state index is 0.0335. The Labute approximate surface area is 212 Å². The lowest BCUT2D eigenvalue weighted by Crippen LogP contribution is -2.56. The Morgan fingerprint density at radius 2 is 1.94 bits per heavy atom. The smallest absolute Gasteiger partial charge is 0.325 e. The number of urea groups is 1. The van der Waals surface area contributed by atoms with Gasteiger partial charge in [-0.2, -0.15) is 5.10 Å². The molecule has 3 aliphatic rings. The summed E-state index contributed by atoms with van der Waals surface area (Å²) in [6, 6.07) is 7.72. The van der Waals surface area contributed by atoms with Gasteiger partial charge in [0.2, 0.25) is 0 Å². The molecule has 0 saturated carbocycles. The van der Waals surface area contributed by atoms with Crippen molar-refractivity contribution in [2.75, 3.05) is 33.4 Å². The van der Waals surface area contributed by atoms with E-state index in [4.69, 9.17) is 9.47 Å². The predicted molar refractivity (Wildman–Crippen MR) is 135 cm³/mol. The summed E-state index contributed by atoms with van der Waals surface area (Å²) in [5.74, 6) is 0.899. The lowest BCUT2D eigenvalue weighted by atomic mass is 9.74. The number of aromatic amines is 1. The van der Waals surface area contributed by atoms with Gasteiger partial charge in [-0.1, -0.05) is 13.3 Å². The number of methoxy groups -OCH3 is 1. The molecule has 3 aliphatic heterocycles. The van der Waals surface area contributed by atoms with Crippen LogP contribution >= 0.6 is 0 Å². The molecule has 0 spiro atoms. The number of hydrogen-bond donors (Lipinski definition) is 2. The molecule has 1 aromatic heterocycles. The summed E-state index contributed by atoms with van der Waals surface area (Å²) in [5, 5.41) is 10.6. The van der Waals surface area contributed by atoms with Gasteiger partial charge in [0, 0.05) is 24.3 Å². The van der Waals surface area contributed by atoms with Gasteiger partial charge in [0.05, 0.1) is 31.6 Å². The first-order chi connectivity index (χ1) is 17.5. The molecule has 1 aromatic carbocycles. The third-order valence-electron chi connectivity index (χ3n) is 8.03. The molecular formula is C27H37N5O4. The van der Waals surface area contributed by atoms with Gasteiger partial charge in [-0.25, -0.2) is 4.79 Å². The van der Waals surface area contributed by atoms with Crippen LogP contribution in [0, 0.1) is 5.92 Å². The van der Waals surface area contributed by atoms with E-state index in [-0.39, 0.29) is 24.0 Å². The quantitative estimate of drug-likeness (QED) is 0.516. The molecule has 2 N–H and O–H groups in total. The summed E-state index contributed by atoms with van der Waals surface area (Å²) in [5.41, 5.74) is 2.45. The van der Waals surface area contributed by atoms with Gasteiger partial charge >= 0.3 is 6.03 Å². The van der Waals surface area contributed by atoms with Crippen LogP contribution in [-0.2, 0) is 16.1 Å². The molecule has 0 radical (unpaired) electrons. The molecule has 3 amide bonds. The Morgan fingerprint density at radius 3 is 2.61 bits per heavy atom. The Balaban J connectivity index is 1.24. The average Bonchev–Trinajstić information content (AvgIpc) is 3.63. The highest BCUT2D eigenvalue weighted by atomic mass is 16.5. The van der Waals surface area contributed by atoms with Crippen LogP contribution < -0.4 is 10.1 Å². The topological polar surface area (TPSA) is 99.8 Å². The second kappa shape index (κ2) is 10.6. The first kappa shape index (κ1) is 24.8. The highest BCUT2D eigenvalue weighted by Crippen LogP contribution is 2.38. The van der Waals surface area contributed by atoms with Crippen molar-refractivity contribution in [3.63, 3.8) is 0 Å². The van der Waals surface area contributed by atoms with Crippen LogP contribution in [0.25, 0.3) is 11.3 Å². The number of nitrogens with zero attached hydrogens (tertiary/aromatic N) is 3. The Kier molecular flexibility index (Phi) is 7.29. The third kappa shape index (κ3) is 4.74. The zero-order valence-corrected chi connectivity index (χ0v) is 21.3. The van der Waals surface area contributed by atoms with Crippen molar-refractivity contribution in [1.29, 1.82) is 0 Å². The molecule has 3 fully saturated rings. The number of likely N-dealkylation sites (tertiary alicyclic amines) is 1. The lowest BCUT2D eigenvalue weighted by molar-refractivity contribution is -0.135. The number of carbonyl (C=O) groups is 2. The zero-order valence-electron chi connectivity index (χ0n) is 21.3. The second-order valence-electron chi connectivity index (χ2n) is 10.3. The van der Waals surface area contributed by atoms with E-state index in [0.29, 0.717) is 19.6 Å². The van der Waals surface area contributed by atoms with E-state index < -0.39 is 5.54 Å². The molecular weight excluding hydrogens is 458 g/mol. The summed E-state index contributed by atoms with van der Waals surface area (Å²) in [7, 11) is 1.66. The highest BCUT2D eigenvalue weighted by Gasteiger charge is 2.55. The van der Waals surface area contributed by atoms with E-state index in [2.05, 4.69) is 27.3 Å². The minimum Gasteiger partial charge on any atom is -0.497 e. The van der Waals surface area contributed by atoms with E-state index in [0.717, 1.165) is 74.3 Å². The van der Waals surface area contributed by atoms with Crippen LogP contribution in [-0.4, -0.2) is 76.9 Å². The van der Waals surface area contributed by atoms with Gasteiger partial charge in [0.15, 0.2) is 0 Å². The van der Waals surface area contributed by atoms with Gasteiger partial charge in [0.1, 0.15) is 11.3 Å². The number of rotatable bonds is 9. The van der Waals surface area contributed by atoms with Gasteiger partial charge in [-0.15, -0.1) is 0 Å². The molecule has 2 aromatic rings. The molecule has 0 unspecified atom stereocenters. The molecule has 3 saturated heterocycles. The molecule has 2 atom stereocenters. The summed E-state index contributed by atoms with van der Waals surface area (Å²) >= 11 is 0. The summed E-state index contributed by atoms with van der Waals surface area (Å²) in [4.78, 5) is 30.4. The van der Waals surface area contributed by atoms with Gasteiger partial charge in [-0.05, 0) is 75.4 Å². The van der Waals surface area contributed by atoms with E-state index in [1.807, 2.05) is 30.5 Å². The molecule has 9 nitrogen and oxygen atoms in total. The van der Waals surface area contributed by atoms with Crippen LogP contribution in [0.2, 0.25) is 0 Å². The summed E-state index contributed by atoms with van der Waals surface area (Å²) in [6.45, 7) is 5.69. The van der Waals surface area contributed by atoms with Crippen molar-refractivity contribution in [3.8, 4) is 17.0 Å². The van der Waals surface area contributed by atoms with E-state index in [1.165, 1.54) is 4.90 Å². The minimum atomic E-state index is -0.791. The predicted octanol–water partition coefficient (Wildman–Crippen LogP) is 3.57. The fourth-order valence-electron chi connectivity index (χ4n) is 6.11. The molecule has 194 valence electrons. The standard InChI is InChI=1S/C27H37N5O4/c1-3-12-27(25(33)32(26(34)29-27)18-23-5-4-15-36-23)21-10-13-31(14-11-21)17-20-16-28-30-24(20)19-6-8-22(35-2)9-7-19/h6-9,16,21,23H,3-5,10-15,17-18H2,1-2H3,(H,28,30)(H,29,34)/t23-,27-/m1/s1. The Hall–Kier alpha value is -2.91. The monoisotopic (exact) mass is 495 g/mol. The van der Waals surface area contributed by atoms with Crippen molar-refractivity contribution < 1.29 is 19.1 Å². The fraction of sp³-hybridized carbons (Fsp3) is 0.593. The van der Waals surface area contributed by atoms with Crippen LogP contribution in [0.1, 0.15) is 51.0 Å². The summed E-state index contributed by atoms with van der Waals surface area (Å²) < 4.78 is 11.0. The van der Waals surface area contributed by atoms with Crippen LogP contribution in [0.15, 0.2) is 30.5 Å². The average molecular weight is 496 g/mol. The molecule has 4 heterocycles. The van der Waals surface area contributed by atoms with Crippen molar-refractivity contribution in [2.24, 2.45) is 5.92 Å². The van der Waals surface area contributed by atoms with Gasteiger partial charge in [-0.3, -0.25) is 19.7 Å². The van der Waals surface area contributed by atoms with Crippen LogP contribution in [0.5, 0.6) is 5.75 Å². The molecule has 5 rings (SSSR count). The van der Waals surface area contributed by atoms with E-state index >= 15 is 0 Å². The third-order valence-corrected chi connectivity index (χ3v) is 8.03. The van der Waals surface area contributed by atoms with Crippen LogP contribution in [0.4, 0.5) is 4.79 Å². The Bertz CT molecular complexity index is 1060. The molecule has 0 bridgehead atoms. The SMILES string of the molecule is CCC[C@]1(C2CCN(Cc3cn[nH]c3-c3ccc(OC)cc3)CC2)NC(=O)N(C[C@H]2CCCO2)C1=O. The number of H-pyrrole nitrogens is 1. The molecule has 9 heteroatoms. The summed E-state index contributed by atoms with van der Waals surface area (Å²) in [6.07, 6.45) is 7.02. The number of aromatic nitrogens is 2. The number of hydrogen-bond acceptors (Lipinski definition) is 6. The number of amides is 3. The first-order valence-corrected chi connectivity index (χ1v) is 13.2. The number of nitrogens with one attached hydrogen (secondary N) is 2. The second-order valence-corrected chi connectivity index (χ2v) is 10.3. The normalized spacial score (nSPS) is 25.5. The highest BCUT2D eigenvalue weighted by molar-refractivity contribution is 6.07. The number of piperidine rings is 1. The maximum absolute atomic E-state index is 13.7. The number of benzene rings is 1. The van der Waals surface area contributed by atoms with Crippen molar-refractivity contribution in [2.45, 2.75) is 63.6 Å². The molecule has 0 aliphatic carbocycles. The van der Waals surface area contributed by atoms with E-state index in [1.54, 1.807) is 7.11 Å². The Morgan fingerprint density at radius 1 is 1.17 bits per heavy atom. The van der Waals surface area contributed by atoms with Crippen LogP contribution in [0.3, 0.4) is 0 Å². The largest absolute Gasteiger partial charge is 0.497 e. The number of carbonyl (C=O) groups excluding carboxylic acids is 2. The van der Waals surface area contributed by atoms with Crippen molar-refractivity contribution in [3.05, 3.63) is 36.0 Å². The number of ether oxygens (including phenoxy) is 2.